The van der Waals surface area contributed by atoms with Crippen molar-refractivity contribution in [3.63, 3.8) is 0 Å². The van der Waals surface area contributed by atoms with Gasteiger partial charge in [0.05, 0.1) is 25.4 Å². The van der Waals surface area contributed by atoms with E-state index in [1.165, 1.54) is 193 Å². The number of aliphatic hydroxyl groups excluding tert-OH is 2. The summed E-state index contributed by atoms with van der Waals surface area (Å²) >= 11 is 0. The highest BCUT2D eigenvalue weighted by Crippen LogP contribution is 2.16. The molecule has 0 aromatic heterocycles. The van der Waals surface area contributed by atoms with E-state index < -0.39 is 12.1 Å². The van der Waals surface area contributed by atoms with Crippen LogP contribution >= 0.6 is 0 Å². The van der Waals surface area contributed by atoms with Gasteiger partial charge < -0.3 is 20.3 Å². The Morgan fingerprint density at radius 3 is 1.19 bits per heavy atom. The number of allylic oxidation sites excluding steroid dienone is 1. The van der Waals surface area contributed by atoms with Crippen LogP contribution in [0.3, 0.4) is 0 Å². The van der Waals surface area contributed by atoms with Crippen molar-refractivity contribution in [1.29, 1.82) is 0 Å². The van der Waals surface area contributed by atoms with E-state index in [1.54, 1.807) is 6.08 Å². The first-order valence-electron chi connectivity index (χ1n) is 25.5. The minimum absolute atomic E-state index is 0.0234. The molecule has 0 radical (unpaired) electrons. The minimum atomic E-state index is -0.859. The standard InChI is InChI=1S/C51H99NO5/c1-3-5-7-9-11-13-15-17-19-20-21-23-25-29-33-37-41-45-51(56)57-46-42-38-34-30-26-28-32-36-40-44-50(55)52-48(47-53)49(54)43-39-35-31-27-24-22-18-16-14-12-10-8-6-4-2/h39,43,48-49,53-54H,3-38,40-42,44-47H2,1-2H3,(H,52,55)/b43-39+. The summed E-state index contributed by atoms with van der Waals surface area (Å²) in [5, 5.41) is 23.0. The number of carbonyl (C=O) groups excluding carboxylic acids is 2. The molecule has 0 fully saturated rings. The van der Waals surface area contributed by atoms with Gasteiger partial charge in [-0.2, -0.15) is 0 Å². The van der Waals surface area contributed by atoms with Crippen LogP contribution < -0.4 is 5.32 Å². The zero-order chi connectivity index (χ0) is 41.5. The predicted molar refractivity (Wildman–Crippen MR) is 246 cm³/mol. The van der Waals surface area contributed by atoms with E-state index in [0.29, 0.717) is 19.4 Å². The SMILES string of the molecule is CCCCCCCCCCCCCC/C=C/C(O)C(CO)NC(=O)CCCCCCCCCCCOC(=O)CCCCCCCCCCCCCCCCCCC. The van der Waals surface area contributed by atoms with Crippen LogP contribution in [0, 0.1) is 0 Å². The van der Waals surface area contributed by atoms with Crippen molar-refractivity contribution in [2.75, 3.05) is 13.2 Å². The lowest BCUT2D eigenvalue weighted by atomic mass is 10.0. The lowest BCUT2D eigenvalue weighted by Crippen LogP contribution is -2.45. The zero-order valence-corrected chi connectivity index (χ0v) is 38.3. The third-order valence-electron chi connectivity index (χ3n) is 11.8. The summed E-state index contributed by atoms with van der Waals surface area (Å²) in [6.07, 6.45) is 53.5. The van der Waals surface area contributed by atoms with Crippen LogP contribution in [0.25, 0.3) is 0 Å². The van der Waals surface area contributed by atoms with Gasteiger partial charge in [0.25, 0.3) is 0 Å². The maximum absolute atomic E-state index is 12.4. The predicted octanol–water partition coefficient (Wildman–Crippen LogP) is 15.0. The molecule has 0 saturated carbocycles. The average Bonchev–Trinajstić information content (AvgIpc) is 3.21. The van der Waals surface area contributed by atoms with Crippen molar-refractivity contribution in [2.24, 2.45) is 0 Å². The Morgan fingerprint density at radius 2 is 0.807 bits per heavy atom. The number of nitrogens with one attached hydrogen (secondary N) is 1. The van der Waals surface area contributed by atoms with Gasteiger partial charge in [0.2, 0.25) is 5.91 Å². The highest BCUT2D eigenvalue weighted by atomic mass is 16.5. The summed E-state index contributed by atoms with van der Waals surface area (Å²) in [5.74, 6) is -0.117. The van der Waals surface area contributed by atoms with Crippen molar-refractivity contribution >= 4 is 11.9 Å². The summed E-state index contributed by atoms with van der Waals surface area (Å²) < 4.78 is 5.46. The third-order valence-corrected chi connectivity index (χ3v) is 11.8. The molecule has 0 bridgehead atoms. The first kappa shape index (κ1) is 55.6. The Morgan fingerprint density at radius 1 is 0.474 bits per heavy atom. The largest absolute Gasteiger partial charge is 0.466 e. The highest BCUT2D eigenvalue weighted by molar-refractivity contribution is 5.76. The molecule has 2 atom stereocenters. The Balaban J connectivity index is 3.49. The van der Waals surface area contributed by atoms with Crippen LogP contribution in [0.2, 0.25) is 0 Å². The van der Waals surface area contributed by atoms with E-state index in [2.05, 4.69) is 19.2 Å². The number of hydrogen-bond donors (Lipinski definition) is 3. The van der Waals surface area contributed by atoms with E-state index in [9.17, 15) is 19.8 Å². The maximum Gasteiger partial charge on any atom is 0.305 e. The molecule has 0 aromatic carbocycles. The van der Waals surface area contributed by atoms with Gasteiger partial charge in [-0.25, -0.2) is 0 Å². The third kappa shape index (κ3) is 44.0. The van der Waals surface area contributed by atoms with E-state index in [0.717, 1.165) is 57.8 Å². The molecule has 0 heterocycles. The molecule has 0 saturated heterocycles. The molecule has 6 nitrogen and oxygen atoms in total. The Labute approximate surface area is 355 Å². The van der Waals surface area contributed by atoms with E-state index in [4.69, 9.17) is 4.74 Å². The normalized spacial score (nSPS) is 12.7. The molecule has 0 aromatic rings. The summed E-state index contributed by atoms with van der Waals surface area (Å²) in [5.41, 5.74) is 0. The second kappa shape index (κ2) is 47.3. The van der Waals surface area contributed by atoms with E-state index in [-0.39, 0.29) is 18.5 Å². The van der Waals surface area contributed by atoms with Crippen LogP contribution in [-0.2, 0) is 14.3 Å². The summed E-state index contributed by atoms with van der Waals surface area (Å²) in [6.45, 7) is 4.85. The number of rotatable bonds is 47. The molecular formula is C51H99NO5. The number of unbranched alkanes of at least 4 members (excludes halogenated alkanes) is 36. The number of amides is 1. The van der Waals surface area contributed by atoms with Crippen LogP contribution in [0.1, 0.15) is 277 Å². The van der Waals surface area contributed by atoms with Gasteiger partial charge in [-0.05, 0) is 32.1 Å². The molecule has 0 spiro atoms. The van der Waals surface area contributed by atoms with E-state index >= 15 is 0 Å². The molecule has 0 aliphatic heterocycles. The molecule has 338 valence electrons. The van der Waals surface area contributed by atoms with E-state index in [1.807, 2.05) is 6.08 Å². The Kier molecular flexibility index (Phi) is 46.1. The number of hydrogen-bond acceptors (Lipinski definition) is 5. The highest BCUT2D eigenvalue weighted by Gasteiger charge is 2.18. The van der Waals surface area contributed by atoms with Crippen molar-refractivity contribution in [1.82, 2.24) is 5.32 Å². The first-order chi connectivity index (χ1) is 28.0. The van der Waals surface area contributed by atoms with Crippen molar-refractivity contribution in [2.45, 2.75) is 289 Å². The van der Waals surface area contributed by atoms with Gasteiger partial charge in [-0.1, -0.05) is 244 Å². The lowest BCUT2D eigenvalue weighted by Gasteiger charge is -2.20. The van der Waals surface area contributed by atoms with Crippen LogP contribution in [0.5, 0.6) is 0 Å². The average molecular weight is 806 g/mol. The Bertz CT molecular complexity index is 847. The second-order valence-corrected chi connectivity index (χ2v) is 17.5. The molecule has 2 unspecified atom stereocenters. The summed E-state index contributed by atoms with van der Waals surface area (Å²) in [7, 11) is 0. The zero-order valence-electron chi connectivity index (χ0n) is 38.3. The van der Waals surface area contributed by atoms with Gasteiger partial charge in [0, 0.05) is 12.8 Å². The second-order valence-electron chi connectivity index (χ2n) is 17.5. The molecule has 1 amide bonds. The molecule has 0 rings (SSSR count). The van der Waals surface area contributed by atoms with Crippen LogP contribution in [-0.4, -0.2) is 47.4 Å². The number of carbonyl (C=O) groups is 2. The fraction of sp³-hybridized carbons (Fsp3) is 0.922. The van der Waals surface area contributed by atoms with Gasteiger partial charge in [0.1, 0.15) is 0 Å². The number of aliphatic hydroxyl groups is 2. The van der Waals surface area contributed by atoms with Crippen LogP contribution in [0.4, 0.5) is 0 Å². The molecule has 0 aliphatic carbocycles. The smallest absolute Gasteiger partial charge is 0.305 e. The van der Waals surface area contributed by atoms with Crippen molar-refractivity contribution < 1.29 is 24.5 Å². The fourth-order valence-corrected chi connectivity index (χ4v) is 7.87. The van der Waals surface area contributed by atoms with Gasteiger partial charge in [0.15, 0.2) is 0 Å². The minimum Gasteiger partial charge on any atom is -0.466 e. The topological polar surface area (TPSA) is 95.9 Å². The Hall–Kier alpha value is -1.40. The molecule has 0 aliphatic rings. The fourth-order valence-electron chi connectivity index (χ4n) is 7.87. The number of esters is 1. The molecule has 57 heavy (non-hydrogen) atoms. The van der Waals surface area contributed by atoms with Gasteiger partial charge in [-0.3, -0.25) is 9.59 Å². The maximum atomic E-state index is 12.4. The molecule has 6 heteroatoms. The first-order valence-corrected chi connectivity index (χ1v) is 25.5. The monoisotopic (exact) mass is 806 g/mol. The summed E-state index contributed by atoms with van der Waals surface area (Å²) in [6, 6.07) is -0.646. The van der Waals surface area contributed by atoms with Crippen molar-refractivity contribution in [3.8, 4) is 0 Å². The van der Waals surface area contributed by atoms with Gasteiger partial charge >= 0.3 is 5.97 Å². The lowest BCUT2D eigenvalue weighted by molar-refractivity contribution is -0.143. The van der Waals surface area contributed by atoms with Crippen LogP contribution in [0.15, 0.2) is 12.2 Å². The molecular weight excluding hydrogens is 707 g/mol. The number of ether oxygens (including phenoxy) is 1. The summed E-state index contributed by atoms with van der Waals surface area (Å²) in [4.78, 5) is 24.5. The van der Waals surface area contributed by atoms with Gasteiger partial charge in [-0.15, -0.1) is 0 Å². The quantitative estimate of drug-likeness (QED) is 0.0323. The molecule has 3 N–H and O–H groups in total. The van der Waals surface area contributed by atoms with Crippen molar-refractivity contribution in [3.05, 3.63) is 12.2 Å².